The highest BCUT2D eigenvalue weighted by Crippen LogP contribution is 2.34. The highest BCUT2D eigenvalue weighted by molar-refractivity contribution is 7.89. The average molecular weight is 298 g/mol. The van der Waals surface area contributed by atoms with Crippen molar-refractivity contribution in [3.05, 3.63) is 17.7 Å². The second-order valence-electron chi connectivity index (χ2n) is 5.18. The van der Waals surface area contributed by atoms with Crippen molar-refractivity contribution in [2.75, 3.05) is 19.4 Å². The fourth-order valence-electron chi connectivity index (χ4n) is 2.70. The Bertz CT molecular complexity index is 599. The molecule has 0 bridgehead atoms. The fourth-order valence-corrected chi connectivity index (χ4v) is 4.64. The zero-order valence-corrected chi connectivity index (χ0v) is 13.0. The van der Waals surface area contributed by atoms with Gasteiger partial charge in [-0.25, -0.2) is 8.42 Å². The van der Waals surface area contributed by atoms with Gasteiger partial charge in [0.25, 0.3) is 0 Å². The number of ether oxygens (including phenoxy) is 1. The Hall–Kier alpha value is -1.27. The summed E-state index contributed by atoms with van der Waals surface area (Å²) in [5, 5.41) is 0. The Morgan fingerprint density at radius 3 is 2.75 bits per heavy atom. The van der Waals surface area contributed by atoms with Gasteiger partial charge >= 0.3 is 0 Å². The van der Waals surface area contributed by atoms with Crippen LogP contribution < -0.4 is 10.5 Å². The number of nitrogens with zero attached hydrogens (tertiary/aromatic N) is 1. The van der Waals surface area contributed by atoms with Gasteiger partial charge in [0.2, 0.25) is 10.0 Å². The van der Waals surface area contributed by atoms with E-state index in [0.717, 1.165) is 24.8 Å². The number of nitrogen functional groups attached to an aromatic ring is 1. The number of benzene rings is 1. The molecule has 0 aromatic heterocycles. The molecule has 0 radical (unpaired) electrons. The average Bonchev–Trinajstić information content (AvgIpc) is 2.90. The molecule has 1 atom stereocenters. The van der Waals surface area contributed by atoms with Gasteiger partial charge in [-0.2, -0.15) is 4.31 Å². The van der Waals surface area contributed by atoms with E-state index in [1.165, 1.54) is 13.2 Å². The van der Waals surface area contributed by atoms with Crippen LogP contribution in [0.15, 0.2) is 17.0 Å². The monoisotopic (exact) mass is 298 g/mol. The number of rotatable bonds is 4. The largest absolute Gasteiger partial charge is 0.495 e. The van der Waals surface area contributed by atoms with Crippen LogP contribution in [-0.4, -0.2) is 32.4 Å². The molecule has 1 unspecified atom stereocenters. The van der Waals surface area contributed by atoms with E-state index in [4.69, 9.17) is 10.5 Å². The molecule has 0 aliphatic carbocycles. The summed E-state index contributed by atoms with van der Waals surface area (Å²) in [5.74, 6) is 0.360. The van der Waals surface area contributed by atoms with Crippen LogP contribution in [0.4, 0.5) is 5.69 Å². The van der Waals surface area contributed by atoms with E-state index < -0.39 is 10.0 Å². The summed E-state index contributed by atoms with van der Waals surface area (Å²) in [7, 11) is -2.08. The predicted molar refractivity (Wildman–Crippen MR) is 79.3 cm³/mol. The van der Waals surface area contributed by atoms with Crippen molar-refractivity contribution in [1.82, 2.24) is 4.31 Å². The molecule has 0 saturated carbocycles. The Morgan fingerprint density at radius 1 is 1.45 bits per heavy atom. The summed E-state index contributed by atoms with van der Waals surface area (Å²) in [5.41, 5.74) is 7.15. The summed E-state index contributed by atoms with van der Waals surface area (Å²) in [6, 6.07) is 3.26. The van der Waals surface area contributed by atoms with Gasteiger partial charge in [-0.1, -0.05) is 6.92 Å². The van der Waals surface area contributed by atoms with E-state index in [9.17, 15) is 8.42 Å². The first kappa shape index (κ1) is 15.1. The van der Waals surface area contributed by atoms with Crippen LogP contribution in [-0.2, 0) is 10.0 Å². The first-order chi connectivity index (χ1) is 9.41. The minimum absolute atomic E-state index is 0.0761. The third-order valence-corrected chi connectivity index (χ3v) is 5.91. The standard InChI is InChI=1S/C14H22N2O3S/c1-4-11-6-5-7-16(11)20(17,18)14-9-12(15)10(2)8-13(14)19-3/h8-9,11H,4-7,15H2,1-3H3. The third-order valence-electron chi connectivity index (χ3n) is 3.93. The van der Waals surface area contributed by atoms with Crippen molar-refractivity contribution in [3.63, 3.8) is 0 Å². The van der Waals surface area contributed by atoms with Crippen LogP contribution in [0.1, 0.15) is 31.7 Å². The van der Waals surface area contributed by atoms with Gasteiger partial charge in [-0.15, -0.1) is 0 Å². The quantitative estimate of drug-likeness (QED) is 0.864. The zero-order valence-electron chi connectivity index (χ0n) is 12.2. The maximum Gasteiger partial charge on any atom is 0.247 e. The van der Waals surface area contributed by atoms with Crippen molar-refractivity contribution in [2.45, 2.75) is 44.0 Å². The number of aryl methyl sites for hydroxylation is 1. The molecule has 1 aliphatic rings. The van der Waals surface area contributed by atoms with Crippen LogP contribution in [0.3, 0.4) is 0 Å². The number of hydrogen-bond acceptors (Lipinski definition) is 4. The topological polar surface area (TPSA) is 72.6 Å². The van der Waals surface area contributed by atoms with Crippen LogP contribution >= 0.6 is 0 Å². The molecule has 0 spiro atoms. The number of anilines is 1. The molecular formula is C14H22N2O3S. The molecule has 2 rings (SSSR count). The molecule has 1 aromatic rings. The minimum atomic E-state index is -3.55. The SMILES string of the molecule is CCC1CCCN1S(=O)(=O)c1cc(N)c(C)cc1OC. The minimum Gasteiger partial charge on any atom is -0.495 e. The lowest BCUT2D eigenvalue weighted by atomic mass is 10.2. The Kier molecular flexibility index (Phi) is 4.25. The van der Waals surface area contributed by atoms with Gasteiger partial charge in [-0.3, -0.25) is 0 Å². The van der Waals surface area contributed by atoms with Crippen LogP contribution in [0.2, 0.25) is 0 Å². The Morgan fingerprint density at radius 2 is 2.15 bits per heavy atom. The van der Waals surface area contributed by atoms with Crippen LogP contribution in [0.25, 0.3) is 0 Å². The van der Waals surface area contributed by atoms with Crippen molar-refractivity contribution in [1.29, 1.82) is 0 Å². The van der Waals surface area contributed by atoms with Gasteiger partial charge in [0.1, 0.15) is 10.6 Å². The molecule has 6 heteroatoms. The Labute approximate surface area is 120 Å². The molecule has 1 aromatic carbocycles. The van der Waals surface area contributed by atoms with Crippen molar-refractivity contribution >= 4 is 15.7 Å². The number of nitrogens with two attached hydrogens (primary N) is 1. The van der Waals surface area contributed by atoms with Gasteiger partial charge in [-0.05, 0) is 43.9 Å². The molecular weight excluding hydrogens is 276 g/mol. The smallest absolute Gasteiger partial charge is 0.247 e. The van der Waals surface area contributed by atoms with E-state index in [1.54, 1.807) is 10.4 Å². The highest BCUT2D eigenvalue weighted by atomic mass is 32.2. The number of sulfonamides is 1. The van der Waals surface area contributed by atoms with Gasteiger partial charge in [0.15, 0.2) is 0 Å². The maximum atomic E-state index is 12.8. The second kappa shape index (κ2) is 5.61. The molecule has 20 heavy (non-hydrogen) atoms. The van der Waals surface area contributed by atoms with E-state index in [-0.39, 0.29) is 10.9 Å². The molecule has 1 saturated heterocycles. The summed E-state index contributed by atoms with van der Waals surface area (Å²) in [6.07, 6.45) is 2.64. The van der Waals surface area contributed by atoms with Gasteiger partial charge < -0.3 is 10.5 Å². The number of methoxy groups -OCH3 is 1. The zero-order chi connectivity index (χ0) is 14.9. The summed E-state index contributed by atoms with van der Waals surface area (Å²) >= 11 is 0. The van der Waals surface area contributed by atoms with Crippen molar-refractivity contribution in [3.8, 4) is 5.75 Å². The van der Waals surface area contributed by atoms with Gasteiger partial charge in [0.05, 0.1) is 7.11 Å². The Balaban J connectivity index is 2.51. The summed E-state index contributed by atoms with van der Waals surface area (Å²) in [6.45, 7) is 4.41. The van der Waals surface area contributed by atoms with Crippen LogP contribution in [0, 0.1) is 6.92 Å². The van der Waals surface area contributed by atoms with E-state index in [1.807, 2.05) is 13.8 Å². The van der Waals surface area contributed by atoms with E-state index in [0.29, 0.717) is 18.0 Å². The van der Waals surface area contributed by atoms with Crippen molar-refractivity contribution in [2.24, 2.45) is 0 Å². The lowest BCUT2D eigenvalue weighted by Gasteiger charge is -2.24. The van der Waals surface area contributed by atoms with Crippen molar-refractivity contribution < 1.29 is 13.2 Å². The summed E-state index contributed by atoms with van der Waals surface area (Å²) < 4.78 is 32.5. The van der Waals surface area contributed by atoms with Crippen LogP contribution in [0.5, 0.6) is 5.75 Å². The highest BCUT2D eigenvalue weighted by Gasteiger charge is 2.36. The van der Waals surface area contributed by atoms with Gasteiger partial charge in [0, 0.05) is 18.3 Å². The first-order valence-electron chi connectivity index (χ1n) is 6.87. The fraction of sp³-hybridized carbons (Fsp3) is 0.571. The first-order valence-corrected chi connectivity index (χ1v) is 8.31. The normalized spacial score (nSPS) is 20.2. The second-order valence-corrected chi connectivity index (χ2v) is 7.04. The predicted octanol–water partition coefficient (Wildman–Crippen LogP) is 2.15. The third kappa shape index (κ3) is 2.50. The molecule has 1 heterocycles. The lowest BCUT2D eigenvalue weighted by Crippen LogP contribution is -2.35. The molecule has 5 nitrogen and oxygen atoms in total. The summed E-state index contributed by atoms with van der Waals surface area (Å²) in [4.78, 5) is 0.170. The molecule has 112 valence electrons. The lowest BCUT2D eigenvalue weighted by molar-refractivity contribution is 0.370. The maximum absolute atomic E-state index is 12.8. The molecule has 0 amide bonds. The van der Waals surface area contributed by atoms with E-state index >= 15 is 0 Å². The molecule has 2 N–H and O–H groups in total. The van der Waals surface area contributed by atoms with E-state index in [2.05, 4.69) is 0 Å². The molecule has 1 fully saturated rings. The molecule has 1 aliphatic heterocycles. The number of hydrogen-bond donors (Lipinski definition) is 1.